The summed E-state index contributed by atoms with van der Waals surface area (Å²) in [7, 11) is 0. The third-order valence-corrected chi connectivity index (χ3v) is 6.03. The van der Waals surface area contributed by atoms with Crippen molar-refractivity contribution >= 4 is 40.6 Å². The third-order valence-electron chi connectivity index (χ3n) is 6.03. The second-order valence-electron chi connectivity index (χ2n) is 9.46. The number of nitrogens with one attached hydrogen (secondary N) is 4. The largest absolute Gasteiger partial charge is 0.481 e. The van der Waals surface area contributed by atoms with E-state index in [0.717, 1.165) is 10.9 Å². The van der Waals surface area contributed by atoms with Gasteiger partial charge in [0.2, 0.25) is 17.7 Å². The smallest absolute Gasteiger partial charge is 0.326 e. The van der Waals surface area contributed by atoms with Crippen LogP contribution in [0.25, 0.3) is 10.9 Å². The van der Waals surface area contributed by atoms with E-state index in [9.17, 15) is 34.2 Å². The number of H-pyrrole nitrogens is 1. The summed E-state index contributed by atoms with van der Waals surface area (Å²) < 4.78 is 0. The minimum absolute atomic E-state index is 0.00949. The molecule has 38 heavy (non-hydrogen) atoms. The first kappa shape index (κ1) is 30.3. The van der Waals surface area contributed by atoms with Crippen LogP contribution in [0.3, 0.4) is 0 Å². The summed E-state index contributed by atoms with van der Waals surface area (Å²) in [5, 5.41) is 36.6. The van der Waals surface area contributed by atoms with Crippen molar-refractivity contribution in [2.75, 3.05) is 0 Å². The molecule has 9 N–H and O–H groups in total. The summed E-state index contributed by atoms with van der Waals surface area (Å²) in [6.07, 6.45) is -0.260. The van der Waals surface area contributed by atoms with Crippen molar-refractivity contribution in [3.8, 4) is 0 Å². The van der Waals surface area contributed by atoms with Crippen LogP contribution < -0.4 is 21.7 Å². The Morgan fingerprint density at radius 2 is 1.53 bits per heavy atom. The van der Waals surface area contributed by atoms with Crippen molar-refractivity contribution in [1.82, 2.24) is 20.9 Å². The number of carboxylic acid groups (broad SMARTS) is 2. The summed E-state index contributed by atoms with van der Waals surface area (Å²) >= 11 is 0. The normalized spacial score (nSPS) is 15.2. The molecule has 2 aromatic rings. The molecule has 0 saturated carbocycles. The summed E-state index contributed by atoms with van der Waals surface area (Å²) in [6.45, 7) is 4.52. The van der Waals surface area contributed by atoms with Gasteiger partial charge < -0.3 is 42.0 Å². The first-order valence-electron chi connectivity index (χ1n) is 12.2. The Balaban J connectivity index is 2.11. The van der Waals surface area contributed by atoms with Crippen LogP contribution in [-0.4, -0.2) is 80.2 Å². The van der Waals surface area contributed by atoms with Crippen LogP contribution in [0, 0.1) is 5.92 Å². The van der Waals surface area contributed by atoms with Crippen LogP contribution in [0.15, 0.2) is 30.5 Å². The average molecular weight is 534 g/mol. The molecule has 0 aliphatic carbocycles. The predicted octanol–water partition coefficient (Wildman–Crippen LogP) is -0.522. The lowest BCUT2D eigenvalue weighted by molar-refractivity contribution is -0.142. The van der Waals surface area contributed by atoms with Gasteiger partial charge in [-0.3, -0.25) is 19.2 Å². The first-order chi connectivity index (χ1) is 17.8. The van der Waals surface area contributed by atoms with E-state index in [2.05, 4.69) is 20.9 Å². The van der Waals surface area contributed by atoms with Gasteiger partial charge in [-0.1, -0.05) is 32.0 Å². The lowest BCUT2D eigenvalue weighted by atomic mass is 10.00. The molecule has 13 heteroatoms. The Bertz CT molecular complexity index is 1160. The van der Waals surface area contributed by atoms with Gasteiger partial charge in [0.25, 0.3) is 0 Å². The number of hydrogen-bond acceptors (Lipinski definition) is 7. The molecular formula is C25H35N5O8. The first-order valence-corrected chi connectivity index (χ1v) is 12.2. The number of aromatic nitrogens is 1. The van der Waals surface area contributed by atoms with Gasteiger partial charge in [0.05, 0.1) is 12.1 Å². The molecule has 208 valence electrons. The van der Waals surface area contributed by atoms with Gasteiger partial charge in [0, 0.05) is 29.9 Å². The van der Waals surface area contributed by atoms with E-state index >= 15 is 0 Å². The predicted molar refractivity (Wildman–Crippen MR) is 137 cm³/mol. The fraction of sp³-hybridized carbons (Fsp3) is 0.480. The number of carbonyl (C=O) groups excluding carboxylic acids is 3. The minimum Gasteiger partial charge on any atom is -0.481 e. The highest BCUT2D eigenvalue weighted by molar-refractivity contribution is 5.94. The van der Waals surface area contributed by atoms with Crippen LogP contribution in [0.1, 0.15) is 39.2 Å². The third kappa shape index (κ3) is 8.28. The summed E-state index contributed by atoms with van der Waals surface area (Å²) in [6, 6.07) is 2.12. The minimum atomic E-state index is -1.49. The second kappa shape index (κ2) is 13.5. The van der Waals surface area contributed by atoms with E-state index < -0.39 is 65.8 Å². The Hall–Kier alpha value is -3.97. The van der Waals surface area contributed by atoms with Gasteiger partial charge in [-0.15, -0.1) is 0 Å². The van der Waals surface area contributed by atoms with Crippen LogP contribution in [0.4, 0.5) is 0 Å². The SMILES string of the molecule is CC(C)C(NC(=O)C(NC(=O)C(N)CCC(=O)O)C(C)O)C(=O)NC(Cc1c[nH]c2ccccc12)C(=O)O. The molecule has 13 nitrogen and oxygen atoms in total. The van der Waals surface area contributed by atoms with Gasteiger partial charge in [-0.25, -0.2) is 4.79 Å². The fourth-order valence-electron chi connectivity index (χ4n) is 3.84. The molecule has 0 saturated heterocycles. The number of aliphatic carboxylic acids is 2. The molecule has 3 amide bonds. The van der Waals surface area contributed by atoms with Crippen LogP contribution in [0.2, 0.25) is 0 Å². The zero-order valence-corrected chi connectivity index (χ0v) is 21.4. The molecule has 0 aliphatic heterocycles. The molecule has 0 aliphatic rings. The zero-order chi connectivity index (χ0) is 28.6. The van der Waals surface area contributed by atoms with Gasteiger partial charge in [0.1, 0.15) is 18.1 Å². The maximum absolute atomic E-state index is 13.1. The van der Waals surface area contributed by atoms with Crippen molar-refractivity contribution < 1.29 is 39.3 Å². The molecule has 0 radical (unpaired) electrons. The number of aromatic amines is 1. The number of aliphatic hydroxyl groups excluding tert-OH is 1. The van der Waals surface area contributed by atoms with Crippen molar-refractivity contribution in [2.45, 2.75) is 70.3 Å². The summed E-state index contributed by atoms with van der Waals surface area (Å²) in [5.74, 6) is -5.38. The van der Waals surface area contributed by atoms with Gasteiger partial charge in [0.15, 0.2) is 0 Å². The standard InChI is InChI=1S/C25H35N5O8/c1-12(2)20(29-24(36)21(13(3)31)30-22(34)16(26)8-9-19(32)33)23(35)28-18(25(37)38)10-14-11-27-17-7-5-4-6-15(14)17/h4-7,11-13,16,18,20-21,27,31H,8-10,26H2,1-3H3,(H,28,35)(H,29,36)(H,30,34)(H,32,33)(H,37,38). The van der Waals surface area contributed by atoms with Crippen molar-refractivity contribution in [1.29, 1.82) is 0 Å². The van der Waals surface area contributed by atoms with E-state index in [1.165, 1.54) is 6.92 Å². The van der Waals surface area contributed by atoms with Crippen molar-refractivity contribution in [2.24, 2.45) is 11.7 Å². The van der Waals surface area contributed by atoms with Crippen LogP contribution >= 0.6 is 0 Å². The van der Waals surface area contributed by atoms with Crippen LogP contribution in [0.5, 0.6) is 0 Å². The molecule has 1 heterocycles. The highest BCUT2D eigenvalue weighted by Crippen LogP contribution is 2.19. The Morgan fingerprint density at radius 1 is 0.921 bits per heavy atom. The molecule has 5 atom stereocenters. The number of carboxylic acids is 2. The van der Waals surface area contributed by atoms with Crippen LogP contribution in [-0.2, 0) is 30.4 Å². The van der Waals surface area contributed by atoms with Crippen molar-refractivity contribution in [3.63, 3.8) is 0 Å². The topological polar surface area (TPSA) is 224 Å². The number of rotatable bonds is 14. The van der Waals surface area contributed by atoms with Gasteiger partial charge in [-0.05, 0) is 30.9 Å². The monoisotopic (exact) mass is 533 g/mol. The number of para-hydroxylation sites is 1. The number of carbonyl (C=O) groups is 5. The Morgan fingerprint density at radius 3 is 2.11 bits per heavy atom. The summed E-state index contributed by atoms with van der Waals surface area (Å²) in [4.78, 5) is 64.0. The lowest BCUT2D eigenvalue weighted by Crippen LogP contribution is -2.60. The molecule has 2 rings (SSSR count). The maximum Gasteiger partial charge on any atom is 0.326 e. The number of hydrogen-bond donors (Lipinski definition) is 8. The lowest BCUT2D eigenvalue weighted by Gasteiger charge is -2.28. The average Bonchev–Trinajstić information content (AvgIpc) is 3.25. The van der Waals surface area contributed by atoms with E-state index in [0.29, 0.717) is 5.56 Å². The zero-order valence-electron chi connectivity index (χ0n) is 21.4. The van der Waals surface area contributed by atoms with E-state index in [4.69, 9.17) is 10.8 Å². The highest BCUT2D eigenvalue weighted by Gasteiger charge is 2.34. The maximum atomic E-state index is 13.1. The molecule has 5 unspecified atom stereocenters. The number of nitrogens with two attached hydrogens (primary N) is 1. The highest BCUT2D eigenvalue weighted by atomic mass is 16.4. The van der Waals surface area contributed by atoms with Gasteiger partial charge in [-0.2, -0.15) is 0 Å². The van der Waals surface area contributed by atoms with Crippen molar-refractivity contribution in [3.05, 3.63) is 36.0 Å². The Kier molecular flexibility index (Phi) is 10.8. The number of fused-ring (bicyclic) bond motifs is 1. The van der Waals surface area contributed by atoms with E-state index in [-0.39, 0.29) is 19.3 Å². The number of benzene rings is 1. The molecule has 0 bridgehead atoms. The fourth-order valence-corrected chi connectivity index (χ4v) is 3.84. The number of aliphatic hydroxyl groups is 1. The second-order valence-corrected chi connectivity index (χ2v) is 9.46. The van der Waals surface area contributed by atoms with Gasteiger partial charge >= 0.3 is 11.9 Å². The molecule has 0 spiro atoms. The quantitative estimate of drug-likeness (QED) is 0.156. The van der Waals surface area contributed by atoms with E-state index in [1.54, 1.807) is 20.0 Å². The van der Waals surface area contributed by atoms with E-state index in [1.807, 2.05) is 24.3 Å². The molecule has 1 aromatic heterocycles. The molecule has 1 aromatic carbocycles. The molecular weight excluding hydrogens is 498 g/mol. The molecule has 0 fully saturated rings. The Labute approximate surface area is 219 Å². The summed E-state index contributed by atoms with van der Waals surface area (Å²) in [5.41, 5.74) is 7.18. The number of amides is 3.